The molecule has 352 valence electrons. The number of imide groups is 1. The first-order chi connectivity index (χ1) is 31.3. The number of pyridine rings is 2. The molecule has 3 aromatic rings. The molecular formula is C45H53FN8O12. The molecule has 2 aromatic heterocycles. The Bertz CT molecular complexity index is 2580. The van der Waals surface area contributed by atoms with Crippen molar-refractivity contribution >= 4 is 58.2 Å². The van der Waals surface area contributed by atoms with Gasteiger partial charge in [0, 0.05) is 54.2 Å². The van der Waals surface area contributed by atoms with Crippen LogP contribution < -0.4 is 32.1 Å². The van der Waals surface area contributed by atoms with Crippen molar-refractivity contribution in [2.45, 2.75) is 117 Å². The van der Waals surface area contributed by atoms with Gasteiger partial charge in [0.05, 0.1) is 42.0 Å². The molecule has 0 unspecified atom stereocenters. The van der Waals surface area contributed by atoms with Crippen molar-refractivity contribution in [3.05, 3.63) is 74.3 Å². The molecule has 5 heterocycles. The second kappa shape index (κ2) is 20.5. The molecule has 0 saturated carbocycles. The van der Waals surface area contributed by atoms with Crippen molar-refractivity contribution in [2.24, 2.45) is 0 Å². The summed E-state index contributed by atoms with van der Waals surface area (Å²) in [6.45, 7) is 7.09. The number of rotatable bonds is 20. The number of unbranched alkanes of at least 4 members (excludes halogenated alkanes) is 2. The summed E-state index contributed by atoms with van der Waals surface area (Å²) in [7, 11) is 0. The predicted molar refractivity (Wildman–Crippen MR) is 232 cm³/mol. The third-order valence-electron chi connectivity index (χ3n) is 11.8. The number of amides is 7. The van der Waals surface area contributed by atoms with Gasteiger partial charge >= 0.3 is 5.97 Å². The molecule has 0 bridgehead atoms. The predicted octanol–water partition coefficient (Wildman–Crippen LogP) is 0.623. The van der Waals surface area contributed by atoms with Crippen molar-refractivity contribution in [2.75, 3.05) is 19.9 Å². The molecule has 0 saturated heterocycles. The van der Waals surface area contributed by atoms with Crippen molar-refractivity contribution in [1.82, 2.24) is 41.0 Å². The van der Waals surface area contributed by atoms with Gasteiger partial charge in [-0.1, -0.05) is 13.3 Å². The Hall–Kier alpha value is -6.87. The fourth-order valence-corrected chi connectivity index (χ4v) is 7.85. The summed E-state index contributed by atoms with van der Waals surface area (Å²) in [5.41, 5.74) is 0.269. The van der Waals surface area contributed by atoms with Crippen molar-refractivity contribution in [3.63, 3.8) is 0 Å². The van der Waals surface area contributed by atoms with Crippen LogP contribution in [0.25, 0.3) is 22.3 Å². The number of fused-ring (bicyclic) bond motifs is 5. The summed E-state index contributed by atoms with van der Waals surface area (Å²) < 4.78 is 26.9. The lowest BCUT2D eigenvalue weighted by molar-refractivity contribution is -0.172. The first-order valence-electron chi connectivity index (χ1n) is 21.7. The van der Waals surface area contributed by atoms with Gasteiger partial charge < -0.3 is 45.7 Å². The van der Waals surface area contributed by atoms with E-state index in [2.05, 4.69) is 26.6 Å². The molecule has 66 heavy (non-hydrogen) atoms. The molecule has 3 aliphatic rings. The summed E-state index contributed by atoms with van der Waals surface area (Å²) >= 11 is 0. The van der Waals surface area contributed by atoms with E-state index in [1.165, 1.54) is 43.6 Å². The average Bonchev–Trinajstić information content (AvgIpc) is 3.81. The minimum atomic E-state index is -2.03. The molecule has 7 amide bonds. The molecule has 0 fully saturated rings. The second-order valence-corrected chi connectivity index (χ2v) is 16.5. The highest BCUT2D eigenvalue weighted by atomic mass is 19.1. The molecule has 4 atom stereocenters. The SMILES string of the molecule is CC[C@@]1(O)C(=O)OCc2c1cc1n(c2=O)Cc2c-1nc1cc(F)c(C)cc1c2CNC(=O)CCOCNC(=O)[C@H](C)NC(=O)[C@H](C)NC(=O)[C@H](C)NC(=O)CCCCCN1C(=O)C=CC1=O. The lowest BCUT2D eigenvalue weighted by Crippen LogP contribution is -2.54. The number of esters is 1. The van der Waals surface area contributed by atoms with Gasteiger partial charge in [-0.3, -0.25) is 43.3 Å². The standard InChI is InChI=1S/C45H53FN8O12/c1-6-45(64)31-17-34-39-29(20-54(34)43(62)30(31)21-66-44(45)63)28(27-16-23(2)32(46)18-33(27)52-39)19-47-35(55)13-15-65-22-48-40(59)24(3)50-42(61)26(5)51-41(60)25(4)49-36(56)10-8-7-9-14-53-37(57)11-12-38(53)58/h11-12,16-18,24-26,64H,6-10,13-15,19-22H2,1-5H3,(H,47,55)(H,48,59)(H,49,56)(H,50,61)(H,51,60)/t24-,25-,26-,45-/m0/s1. The van der Waals surface area contributed by atoms with E-state index in [-0.39, 0.29) is 93.2 Å². The van der Waals surface area contributed by atoms with Gasteiger partial charge in [-0.15, -0.1) is 0 Å². The van der Waals surface area contributed by atoms with Crippen LogP contribution >= 0.6 is 0 Å². The lowest BCUT2D eigenvalue weighted by Gasteiger charge is -2.31. The number of hydrogen-bond donors (Lipinski definition) is 6. The number of nitrogens with zero attached hydrogens (tertiary/aromatic N) is 3. The zero-order valence-corrected chi connectivity index (χ0v) is 37.3. The van der Waals surface area contributed by atoms with Crippen LogP contribution in [0.15, 0.2) is 35.1 Å². The number of benzene rings is 1. The van der Waals surface area contributed by atoms with Crippen LogP contribution in [0.4, 0.5) is 4.39 Å². The maximum absolute atomic E-state index is 14.8. The van der Waals surface area contributed by atoms with E-state index in [1.807, 2.05) is 0 Å². The summed E-state index contributed by atoms with van der Waals surface area (Å²) in [6, 6.07) is 1.39. The Morgan fingerprint density at radius 3 is 2.21 bits per heavy atom. The molecule has 3 aliphatic heterocycles. The zero-order chi connectivity index (χ0) is 48.0. The number of aromatic nitrogens is 2. The molecule has 0 radical (unpaired) electrons. The molecule has 0 spiro atoms. The maximum Gasteiger partial charge on any atom is 0.343 e. The first kappa shape index (κ1) is 48.6. The number of carbonyl (C=O) groups excluding carboxylic acids is 8. The van der Waals surface area contributed by atoms with Gasteiger partial charge in [-0.05, 0) is 70.2 Å². The number of cyclic esters (lactones) is 1. The zero-order valence-electron chi connectivity index (χ0n) is 37.3. The molecule has 21 heteroatoms. The van der Waals surface area contributed by atoms with Crippen molar-refractivity contribution in [1.29, 1.82) is 0 Å². The Balaban J connectivity index is 0.930. The van der Waals surface area contributed by atoms with E-state index in [4.69, 9.17) is 14.5 Å². The summed E-state index contributed by atoms with van der Waals surface area (Å²) in [5.74, 6) is -4.78. The van der Waals surface area contributed by atoms with E-state index < -0.39 is 64.7 Å². The normalized spacial score (nSPS) is 17.3. The van der Waals surface area contributed by atoms with Gasteiger partial charge in [0.15, 0.2) is 5.60 Å². The Kier molecular flexibility index (Phi) is 15.1. The molecule has 20 nitrogen and oxygen atoms in total. The Morgan fingerprint density at radius 2 is 1.53 bits per heavy atom. The molecular weight excluding hydrogens is 864 g/mol. The van der Waals surface area contributed by atoms with Crippen LogP contribution in [0.2, 0.25) is 0 Å². The van der Waals surface area contributed by atoms with Gasteiger partial charge in [-0.2, -0.15) is 0 Å². The van der Waals surface area contributed by atoms with Crippen LogP contribution in [0.3, 0.4) is 0 Å². The van der Waals surface area contributed by atoms with Crippen LogP contribution in [0, 0.1) is 12.7 Å². The first-order valence-corrected chi connectivity index (χ1v) is 21.7. The van der Waals surface area contributed by atoms with Crippen molar-refractivity contribution in [3.8, 4) is 11.4 Å². The van der Waals surface area contributed by atoms with Crippen molar-refractivity contribution < 1.29 is 57.3 Å². The molecule has 0 aliphatic carbocycles. The number of halogens is 1. The third kappa shape index (κ3) is 10.5. The Labute approximate surface area is 378 Å². The average molecular weight is 917 g/mol. The summed E-state index contributed by atoms with van der Waals surface area (Å²) in [4.78, 5) is 119. The fourth-order valence-electron chi connectivity index (χ4n) is 7.85. The highest BCUT2D eigenvalue weighted by molar-refractivity contribution is 6.12. The minimum Gasteiger partial charge on any atom is -0.458 e. The van der Waals surface area contributed by atoms with Crippen LogP contribution in [-0.4, -0.2) is 105 Å². The second-order valence-electron chi connectivity index (χ2n) is 16.5. The minimum absolute atomic E-state index is 0.0245. The third-order valence-corrected chi connectivity index (χ3v) is 11.8. The number of carbonyl (C=O) groups is 8. The van der Waals surface area contributed by atoms with Gasteiger partial charge in [0.25, 0.3) is 17.4 Å². The number of ether oxygens (including phenoxy) is 2. The largest absolute Gasteiger partial charge is 0.458 e. The topological polar surface area (TPSA) is 274 Å². The summed E-state index contributed by atoms with van der Waals surface area (Å²) in [6.07, 6.45) is 3.97. The van der Waals surface area contributed by atoms with Gasteiger partial charge in [0.2, 0.25) is 29.5 Å². The van der Waals surface area contributed by atoms with E-state index in [0.29, 0.717) is 52.7 Å². The van der Waals surface area contributed by atoms with Crippen LogP contribution in [0.5, 0.6) is 0 Å². The summed E-state index contributed by atoms with van der Waals surface area (Å²) in [5, 5.41) is 24.7. The van der Waals surface area contributed by atoms with E-state index in [1.54, 1.807) is 26.0 Å². The highest BCUT2D eigenvalue weighted by Gasteiger charge is 2.45. The molecule has 6 rings (SSSR count). The van der Waals surface area contributed by atoms with E-state index in [0.717, 1.165) is 4.90 Å². The monoisotopic (exact) mass is 916 g/mol. The maximum atomic E-state index is 14.8. The van der Waals surface area contributed by atoms with E-state index in [9.17, 15) is 52.6 Å². The smallest absolute Gasteiger partial charge is 0.343 e. The van der Waals surface area contributed by atoms with Crippen LogP contribution in [-0.2, 0) is 73.1 Å². The quantitative estimate of drug-likeness (QED) is 0.0308. The highest BCUT2D eigenvalue weighted by Crippen LogP contribution is 2.40. The fraction of sp³-hybridized carbons (Fsp3) is 0.467. The number of aliphatic hydroxyl groups is 1. The number of aryl methyl sites for hydroxylation is 1. The number of hydrogen-bond acceptors (Lipinski definition) is 13. The molecule has 6 N–H and O–H groups in total. The molecule has 1 aromatic carbocycles. The van der Waals surface area contributed by atoms with E-state index >= 15 is 0 Å². The van der Waals surface area contributed by atoms with Gasteiger partial charge in [-0.25, -0.2) is 14.2 Å². The number of nitrogens with one attached hydrogen (secondary N) is 5. The van der Waals surface area contributed by atoms with Crippen LogP contribution in [0.1, 0.15) is 94.0 Å². The lowest BCUT2D eigenvalue weighted by atomic mass is 9.86. The van der Waals surface area contributed by atoms with Gasteiger partial charge in [0.1, 0.15) is 37.3 Å². The Morgan fingerprint density at radius 1 is 0.864 bits per heavy atom.